The first-order valence-corrected chi connectivity index (χ1v) is 21.7. The first-order chi connectivity index (χ1) is 29.1. The molecule has 0 saturated heterocycles. The van der Waals surface area contributed by atoms with Gasteiger partial charge in [-0.3, -0.25) is 26.4 Å². The monoisotopic (exact) mass is 866 g/mol. The average Bonchev–Trinajstić information content (AvgIpc) is 3.86. The molecule has 14 nitrogen and oxygen atoms in total. The molecule has 0 fully saturated rings. The van der Waals surface area contributed by atoms with E-state index in [1.165, 1.54) is 18.0 Å². The number of halogens is 1. The lowest BCUT2D eigenvalue weighted by Gasteiger charge is -2.37. The van der Waals surface area contributed by atoms with Gasteiger partial charge in [0.25, 0.3) is 0 Å². The van der Waals surface area contributed by atoms with Crippen LogP contribution in [0.5, 0.6) is 5.75 Å². The van der Waals surface area contributed by atoms with Crippen LogP contribution in [0.4, 0.5) is 11.4 Å². The van der Waals surface area contributed by atoms with Crippen molar-refractivity contribution >= 4 is 57.4 Å². The highest BCUT2D eigenvalue weighted by Gasteiger charge is 2.33. The third kappa shape index (κ3) is 8.51. The molecule has 17 heteroatoms. The number of hydrogen-bond acceptors (Lipinski definition) is 10. The second kappa shape index (κ2) is 17.9. The van der Waals surface area contributed by atoms with E-state index in [2.05, 4.69) is 10.2 Å². The van der Waals surface area contributed by atoms with Gasteiger partial charge in [0.1, 0.15) is 18.8 Å². The van der Waals surface area contributed by atoms with Crippen LogP contribution in [-0.4, -0.2) is 56.1 Å². The number of methoxy groups -OCH3 is 1. The predicted molar refractivity (Wildman–Crippen MR) is 225 cm³/mol. The van der Waals surface area contributed by atoms with E-state index in [0.29, 0.717) is 83.2 Å². The van der Waals surface area contributed by atoms with E-state index >= 15 is 0 Å². The topological polar surface area (TPSA) is 175 Å². The fourth-order valence-corrected chi connectivity index (χ4v) is 9.89. The van der Waals surface area contributed by atoms with E-state index in [9.17, 15) is 27.1 Å². The number of carbonyl (C=O) groups is 2. The molecule has 2 aromatic heterocycles. The summed E-state index contributed by atoms with van der Waals surface area (Å²) in [6, 6.07) is 28.1. The minimum absolute atomic E-state index is 0.361. The van der Waals surface area contributed by atoms with Crippen LogP contribution in [0.3, 0.4) is 0 Å². The lowest BCUT2D eigenvalue weighted by atomic mass is 9.92. The van der Waals surface area contributed by atoms with E-state index in [4.69, 9.17) is 21.1 Å². The summed E-state index contributed by atoms with van der Waals surface area (Å²) >= 11 is 1.12. The molecule has 2 aliphatic carbocycles. The summed E-state index contributed by atoms with van der Waals surface area (Å²) in [4.78, 5) is 26.3. The normalized spacial score (nSPS) is 16.9. The van der Waals surface area contributed by atoms with Gasteiger partial charge in [-0.1, -0.05) is 66.2 Å². The van der Waals surface area contributed by atoms with Gasteiger partial charge >= 0.3 is 11.9 Å². The molecule has 310 valence electrons. The Morgan fingerprint density at radius 3 is 1.82 bits per heavy atom. The molecule has 0 amide bonds. The van der Waals surface area contributed by atoms with E-state index in [-0.39, 0.29) is 13.1 Å². The fourth-order valence-electron chi connectivity index (χ4n) is 8.22. The summed E-state index contributed by atoms with van der Waals surface area (Å²) in [5, 5.41) is 9.41. The maximum atomic E-state index is 13.2. The van der Waals surface area contributed by atoms with Crippen LogP contribution >= 0.6 is 11.6 Å². The summed E-state index contributed by atoms with van der Waals surface area (Å²) in [5.74, 6) is -0.963. The molecule has 6 aromatic rings. The lowest BCUT2D eigenvalue weighted by Crippen LogP contribution is -2.33. The fraction of sp³-hybridized carbons (Fsp3) is 0.256. The largest absolute Gasteiger partial charge is 0.755 e. The molecule has 60 heavy (non-hydrogen) atoms. The van der Waals surface area contributed by atoms with Crippen LogP contribution in [-0.2, 0) is 62.8 Å². The molecule has 0 bridgehead atoms. The third-order valence-corrected chi connectivity index (χ3v) is 12.9. The molecule has 0 N–H and O–H groups in total. The van der Waals surface area contributed by atoms with Crippen LogP contribution in [0.25, 0.3) is 22.3 Å². The number of rotatable bonds is 13. The molecular weight excluding hydrogens is 828 g/mol. The molecule has 2 heterocycles. The van der Waals surface area contributed by atoms with Crippen molar-refractivity contribution in [3.8, 4) is 28.0 Å². The van der Waals surface area contributed by atoms with Gasteiger partial charge in [-0.25, -0.2) is 9.59 Å². The summed E-state index contributed by atoms with van der Waals surface area (Å²) in [7, 11) is 1.59. The first-order valence-electron chi connectivity index (χ1n) is 19.3. The van der Waals surface area contributed by atoms with Gasteiger partial charge in [-0.15, -0.1) is 0 Å². The Kier molecular flexibility index (Phi) is 12.3. The first kappa shape index (κ1) is 41.1. The number of nitrogens with zero attached hydrogens (tertiary/aromatic N) is 6. The van der Waals surface area contributed by atoms with Crippen molar-refractivity contribution in [3.05, 3.63) is 137 Å². The molecule has 4 unspecified atom stereocenters. The van der Waals surface area contributed by atoms with Crippen LogP contribution < -0.4 is 13.3 Å². The van der Waals surface area contributed by atoms with Crippen LogP contribution in [0.2, 0.25) is 5.02 Å². The van der Waals surface area contributed by atoms with E-state index in [1.807, 2.05) is 66.7 Å². The smallest absolute Gasteiger partial charge is 0.335 e. The summed E-state index contributed by atoms with van der Waals surface area (Å²) in [6.45, 7) is -0.722. The van der Waals surface area contributed by atoms with Crippen LogP contribution in [0, 0.1) is 0 Å². The molecule has 4 aromatic carbocycles. The van der Waals surface area contributed by atoms with Crippen molar-refractivity contribution in [3.63, 3.8) is 0 Å². The Labute approximate surface area is 356 Å². The summed E-state index contributed by atoms with van der Waals surface area (Å²) < 4.78 is 67.1. The molecule has 4 atom stereocenters. The van der Waals surface area contributed by atoms with Crippen LogP contribution in [0.1, 0.15) is 60.3 Å². The van der Waals surface area contributed by atoms with E-state index in [1.54, 1.807) is 49.8 Å². The number of carbonyl (C=O) groups excluding carboxylic acids is 2. The number of benzene rings is 4. The van der Waals surface area contributed by atoms with Crippen LogP contribution in [0.15, 0.2) is 109 Å². The minimum Gasteiger partial charge on any atom is -0.755 e. The van der Waals surface area contributed by atoms with Crippen molar-refractivity contribution in [1.82, 2.24) is 19.6 Å². The molecule has 0 aliphatic heterocycles. The van der Waals surface area contributed by atoms with Crippen molar-refractivity contribution in [2.75, 3.05) is 15.7 Å². The second-order valence-corrected chi connectivity index (χ2v) is 16.5. The van der Waals surface area contributed by atoms with Gasteiger partial charge in [0.15, 0.2) is 0 Å². The zero-order valence-corrected chi connectivity index (χ0v) is 34.7. The number of esters is 2. The summed E-state index contributed by atoms with van der Waals surface area (Å²) in [6.07, 6.45) is 6.58. The highest BCUT2D eigenvalue weighted by atomic mass is 35.5. The van der Waals surface area contributed by atoms with Crippen molar-refractivity contribution in [2.24, 2.45) is 0 Å². The number of hydrogen-bond donors (Lipinski definition) is 0. The number of fused-ring (bicyclic) bond motifs is 2. The highest BCUT2D eigenvalue weighted by Crippen LogP contribution is 2.41. The maximum Gasteiger partial charge on any atom is 0.335 e. The van der Waals surface area contributed by atoms with Gasteiger partial charge in [-0.05, 0) is 97.7 Å². The van der Waals surface area contributed by atoms with Gasteiger partial charge in [0.2, 0.25) is 0 Å². The Bertz CT molecular complexity index is 2580. The molecule has 0 saturated carbocycles. The van der Waals surface area contributed by atoms with Gasteiger partial charge in [0, 0.05) is 67.0 Å². The Morgan fingerprint density at radius 2 is 1.27 bits per heavy atom. The Balaban J connectivity index is 0.936. The van der Waals surface area contributed by atoms with E-state index < -0.39 is 46.6 Å². The second-order valence-electron chi connectivity index (χ2n) is 14.5. The third-order valence-electron chi connectivity index (χ3n) is 11.0. The Morgan fingerprint density at radius 1 is 0.717 bits per heavy atom. The Hall–Kier alpha value is -5.65. The van der Waals surface area contributed by atoms with Crippen molar-refractivity contribution < 1.29 is 36.6 Å². The number of anilines is 2. The predicted octanol–water partition coefficient (Wildman–Crippen LogP) is 7.20. The zero-order chi connectivity index (χ0) is 41.9. The van der Waals surface area contributed by atoms with Gasteiger partial charge in [0.05, 0.1) is 31.6 Å². The maximum absolute atomic E-state index is 13.2. The molecule has 8 rings (SSSR count). The van der Waals surface area contributed by atoms with E-state index in [0.717, 1.165) is 22.3 Å². The zero-order valence-electron chi connectivity index (χ0n) is 32.3. The van der Waals surface area contributed by atoms with Gasteiger partial charge in [-0.2, -0.15) is 10.2 Å². The van der Waals surface area contributed by atoms with Gasteiger partial charge < -0.3 is 18.6 Å². The average molecular weight is 867 g/mol. The van der Waals surface area contributed by atoms with Crippen molar-refractivity contribution in [2.45, 2.75) is 63.7 Å². The molecule has 2 aliphatic rings. The standard InChI is InChI=1S/C43H41ClN6O8S2/c1-57-33-21-17-28(18-22-33)30-7-4-8-32(23-30)50(60(55)56)41-14-6-12-39-36(41)25-46-48(39)27-43(52)58-42(51)26-47-38-11-5-13-40(35(38)24-45-47)49(59(53)54)31-19-15-29(16-20-31)34-9-2-3-10-37(34)44/h2-4,7-10,15-25,40-41H,5-6,11-14,26-27H2,1H3,(H,53,54)(H,55,56)/p-2. The van der Waals surface area contributed by atoms with Crippen molar-refractivity contribution in [1.29, 1.82) is 0 Å². The summed E-state index contributed by atoms with van der Waals surface area (Å²) in [5.41, 5.74) is 7.05. The SMILES string of the molecule is COc1ccc(-c2cccc(N(C3CCCc4c3cnn4CC(=O)OC(=O)Cn3ncc4c3CCCC4N(c3ccc(-c4ccccc4Cl)cc3)S(=O)[O-])S(=O)[O-])c2)cc1. The quantitative estimate of drug-likeness (QED) is 0.0656. The lowest BCUT2D eigenvalue weighted by molar-refractivity contribution is -0.160. The molecule has 0 spiro atoms. The number of ether oxygens (including phenoxy) is 2. The highest BCUT2D eigenvalue weighted by molar-refractivity contribution is 7.80. The minimum atomic E-state index is -2.64. The molecular formula is C43H39ClN6O8S2-2. The number of aromatic nitrogens is 4. The molecule has 0 radical (unpaired) electrons.